The summed E-state index contributed by atoms with van der Waals surface area (Å²) in [5, 5.41) is 13.5. The molecular weight excluding hydrogens is 280 g/mol. The molecule has 0 fully saturated rings. The number of benzene rings is 2. The van der Waals surface area contributed by atoms with Gasteiger partial charge in [0.1, 0.15) is 0 Å². The Bertz CT molecular complexity index is 751. The number of anilines is 1. The number of nitrogens with one attached hydrogen (secondary N) is 1. The van der Waals surface area contributed by atoms with Crippen molar-refractivity contribution in [2.75, 3.05) is 5.32 Å². The first-order valence-electron chi connectivity index (χ1n) is 6.76. The first kappa shape index (κ1) is 15.4. The number of carbonyl (C=O) groups is 1. The number of rotatable bonds is 4. The molecule has 0 saturated heterocycles. The van der Waals surface area contributed by atoms with Gasteiger partial charge in [-0.1, -0.05) is 35.9 Å². The number of amides is 1. The summed E-state index contributed by atoms with van der Waals surface area (Å²) in [5.74, 6) is -0.334. The molecule has 1 N–H and O–H groups in total. The van der Waals surface area contributed by atoms with Crippen molar-refractivity contribution in [2.24, 2.45) is 0 Å². The van der Waals surface area contributed by atoms with E-state index in [0.717, 1.165) is 11.1 Å². The first-order chi connectivity index (χ1) is 10.5. The summed E-state index contributed by atoms with van der Waals surface area (Å²) in [7, 11) is 0. The van der Waals surface area contributed by atoms with Gasteiger partial charge in [-0.05, 0) is 31.6 Å². The van der Waals surface area contributed by atoms with Crippen molar-refractivity contribution >= 4 is 23.4 Å². The van der Waals surface area contributed by atoms with Gasteiger partial charge >= 0.3 is 0 Å². The molecule has 0 unspecified atom stereocenters. The van der Waals surface area contributed by atoms with Crippen LogP contribution in [0.2, 0.25) is 0 Å². The Morgan fingerprint density at radius 3 is 2.64 bits per heavy atom. The minimum absolute atomic E-state index is 0.0135. The van der Waals surface area contributed by atoms with Crippen molar-refractivity contribution in [1.82, 2.24) is 0 Å². The van der Waals surface area contributed by atoms with E-state index in [1.54, 1.807) is 25.1 Å². The van der Waals surface area contributed by atoms with Crippen LogP contribution in [0.3, 0.4) is 0 Å². The van der Waals surface area contributed by atoms with Crippen molar-refractivity contribution in [3.8, 4) is 0 Å². The molecule has 0 heterocycles. The Morgan fingerprint density at radius 2 is 1.95 bits per heavy atom. The van der Waals surface area contributed by atoms with E-state index in [4.69, 9.17) is 0 Å². The van der Waals surface area contributed by atoms with Crippen molar-refractivity contribution in [1.29, 1.82) is 0 Å². The molecule has 1 amide bonds. The second-order valence-corrected chi connectivity index (χ2v) is 5.00. The zero-order chi connectivity index (χ0) is 16.1. The Labute approximate surface area is 128 Å². The maximum absolute atomic E-state index is 11.9. The van der Waals surface area contributed by atoms with E-state index in [2.05, 4.69) is 5.32 Å². The smallest absolute Gasteiger partial charge is 0.274 e. The molecule has 0 aliphatic heterocycles. The fourth-order valence-corrected chi connectivity index (χ4v) is 2.01. The van der Waals surface area contributed by atoms with Gasteiger partial charge in [0.15, 0.2) is 0 Å². The van der Waals surface area contributed by atoms with Crippen molar-refractivity contribution in [2.45, 2.75) is 13.8 Å². The summed E-state index contributed by atoms with van der Waals surface area (Å²) in [5.41, 5.74) is 2.97. The van der Waals surface area contributed by atoms with E-state index in [-0.39, 0.29) is 11.6 Å². The number of nitrogens with zero attached hydrogens (tertiary/aromatic N) is 1. The number of hydrogen-bond donors (Lipinski definition) is 1. The maximum Gasteiger partial charge on any atom is 0.274 e. The quantitative estimate of drug-likeness (QED) is 0.529. The third-order valence-electron chi connectivity index (χ3n) is 3.14. The molecule has 0 radical (unpaired) electrons. The van der Waals surface area contributed by atoms with Crippen molar-refractivity contribution < 1.29 is 9.72 Å². The highest BCUT2D eigenvalue weighted by atomic mass is 16.6. The molecule has 5 heteroatoms. The SMILES string of the molecule is Cc1cccc(/C=C/C(=O)Nc2ccc(C)c([N+](=O)[O-])c2)c1. The van der Waals surface area contributed by atoms with Gasteiger partial charge in [0.05, 0.1) is 4.92 Å². The van der Waals surface area contributed by atoms with Crippen LogP contribution in [0.15, 0.2) is 48.5 Å². The molecule has 5 nitrogen and oxygen atoms in total. The molecular formula is C17H16N2O3. The van der Waals surface area contributed by atoms with Crippen molar-refractivity contribution in [3.05, 3.63) is 75.3 Å². The molecule has 2 aromatic rings. The highest BCUT2D eigenvalue weighted by Crippen LogP contribution is 2.22. The third-order valence-corrected chi connectivity index (χ3v) is 3.14. The molecule has 2 aromatic carbocycles. The van der Waals surface area contributed by atoms with E-state index in [1.165, 1.54) is 12.1 Å². The highest BCUT2D eigenvalue weighted by Gasteiger charge is 2.11. The number of aryl methyl sites for hydroxylation is 2. The van der Waals surface area contributed by atoms with Crippen LogP contribution in [0.1, 0.15) is 16.7 Å². The van der Waals surface area contributed by atoms with E-state index in [1.807, 2.05) is 31.2 Å². The van der Waals surface area contributed by atoms with Gasteiger partial charge in [-0.2, -0.15) is 0 Å². The lowest BCUT2D eigenvalue weighted by molar-refractivity contribution is -0.385. The normalized spacial score (nSPS) is 10.6. The average molecular weight is 296 g/mol. The molecule has 0 spiro atoms. The van der Waals surface area contributed by atoms with Gasteiger partial charge in [0, 0.05) is 23.4 Å². The highest BCUT2D eigenvalue weighted by molar-refractivity contribution is 6.02. The topological polar surface area (TPSA) is 72.2 Å². The zero-order valence-electron chi connectivity index (χ0n) is 12.4. The predicted molar refractivity (Wildman–Crippen MR) is 86.7 cm³/mol. The van der Waals surface area contributed by atoms with E-state index < -0.39 is 4.92 Å². The first-order valence-corrected chi connectivity index (χ1v) is 6.76. The molecule has 0 aliphatic carbocycles. The lowest BCUT2D eigenvalue weighted by atomic mass is 10.1. The van der Waals surface area contributed by atoms with Gasteiger partial charge in [0.25, 0.3) is 5.69 Å². The zero-order valence-corrected chi connectivity index (χ0v) is 12.4. The van der Waals surface area contributed by atoms with E-state index >= 15 is 0 Å². The van der Waals surface area contributed by atoms with Gasteiger partial charge in [-0.25, -0.2) is 0 Å². The number of carbonyl (C=O) groups excluding carboxylic acids is 1. The summed E-state index contributed by atoms with van der Waals surface area (Å²) in [6.07, 6.45) is 3.10. The van der Waals surface area contributed by atoms with Crippen LogP contribution in [0.4, 0.5) is 11.4 Å². The van der Waals surface area contributed by atoms with Gasteiger partial charge in [-0.3, -0.25) is 14.9 Å². The summed E-state index contributed by atoms with van der Waals surface area (Å²) in [6.45, 7) is 3.63. The predicted octanol–water partition coefficient (Wildman–Crippen LogP) is 3.86. The Hall–Kier alpha value is -2.95. The Morgan fingerprint density at radius 1 is 1.18 bits per heavy atom. The largest absolute Gasteiger partial charge is 0.322 e. The molecule has 22 heavy (non-hydrogen) atoms. The third kappa shape index (κ3) is 4.02. The fourth-order valence-electron chi connectivity index (χ4n) is 2.01. The lowest BCUT2D eigenvalue weighted by Crippen LogP contribution is -2.08. The van der Waals surface area contributed by atoms with Gasteiger partial charge in [0.2, 0.25) is 5.91 Å². The second kappa shape index (κ2) is 6.67. The van der Waals surface area contributed by atoms with Crippen LogP contribution < -0.4 is 5.32 Å². The minimum Gasteiger partial charge on any atom is -0.322 e. The van der Waals surface area contributed by atoms with Crippen LogP contribution in [-0.4, -0.2) is 10.8 Å². The molecule has 0 aromatic heterocycles. The molecule has 0 atom stereocenters. The van der Waals surface area contributed by atoms with Crippen LogP contribution >= 0.6 is 0 Å². The summed E-state index contributed by atoms with van der Waals surface area (Å²) in [6, 6.07) is 12.3. The Balaban J connectivity index is 2.09. The van der Waals surface area contributed by atoms with Crippen LogP contribution in [0.25, 0.3) is 6.08 Å². The fraction of sp³-hybridized carbons (Fsp3) is 0.118. The molecule has 0 saturated carbocycles. The standard InChI is InChI=1S/C17H16N2O3/c1-12-4-3-5-14(10-12)7-9-17(20)18-15-8-6-13(2)16(11-15)19(21)22/h3-11H,1-2H3,(H,18,20)/b9-7+. The second-order valence-electron chi connectivity index (χ2n) is 5.00. The molecule has 0 bridgehead atoms. The van der Waals surface area contributed by atoms with Crippen LogP contribution in [-0.2, 0) is 4.79 Å². The number of nitro groups is 1. The van der Waals surface area contributed by atoms with E-state index in [0.29, 0.717) is 11.3 Å². The maximum atomic E-state index is 11.9. The van der Waals surface area contributed by atoms with E-state index in [9.17, 15) is 14.9 Å². The van der Waals surface area contributed by atoms with Crippen molar-refractivity contribution in [3.63, 3.8) is 0 Å². The minimum atomic E-state index is -0.465. The molecule has 2 rings (SSSR count). The number of hydrogen-bond acceptors (Lipinski definition) is 3. The van der Waals surface area contributed by atoms with Gasteiger partial charge in [-0.15, -0.1) is 0 Å². The summed E-state index contributed by atoms with van der Waals surface area (Å²) < 4.78 is 0. The van der Waals surface area contributed by atoms with Gasteiger partial charge < -0.3 is 5.32 Å². The molecule has 0 aliphatic rings. The van der Waals surface area contributed by atoms with Crippen LogP contribution in [0, 0.1) is 24.0 Å². The van der Waals surface area contributed by atoms with Crippen LogP contribution in [0.5, 0.6) is 0 Å². The monoisotopic (exact) mass is 296 g/mol. The molecule has 112 valence electrons. The summed E-state index contributed by atoms with van der Waals surface area (Å²) >= 11 is 0. The lowest BCUT2D eigenvalue weighted by Gasteiger charge is -2.03. The Kier molecular flexibility index (Phi) is 4.68. The average Bonchev–Trinajstić information content (AvgIpc) is 2.47. The number of nitro benzene ring substituents is 1. The summed E-state index contributed by atoms with van der Waals surface area (Å²) in [4.78, 5) is 22.3.